The molecule has 17 heavy (non-hydrogen) atoms. The molecule has 1 aromatic heterocycles. The summed E-state index contributed by atoms with van der Waals surface area (Å²) in [6.45, 7) is 4.43. The molecule has 1 atom stereocenters. The number of nitrogens with zero attached hydrogens (tertiary/aromatic N) is 1. The fourth-order valence-electron chi connectivity index (χ4n) is 1.75. The first-order valence-corrected chi connectivity index (χ1v) is 7.86. The van der Waals surface area contributed by atoms with Crippen LogP contribution in [0, 0.1) is 13.8 Å². The van der Waals surface area contributed by atoms with Gasteiger partial charge in [0.25, 0.3) is 0 Å². The zero-order valence-corrected chi connectivity index (χ0v) is 11.7. The van der Waals surface area contributed by atoms with Crippen molar-refractivity contribution >= 4 is 29.4 Å². The smallest absolute Gasteiger partial charge is 0.234 e. The van der Waals surface area contributed by atoms with Crippen molar-refractivity contribution in [1.82, 2.24) is 15.3 Å². The van der Waals surface area contributed by atoms with Crippen LogP contribution in [0.1, 0.15) is 17.2 Å². The maximum Gasteiger partial charge on any atom is 0.234 e. The molecule has 1 saturated heterocycles. The number of hydrogen-bond donors (Lipinski definition) is 2. The Labute approximate surface area is 110 Å². The van der Waals surface area contributed by atoms with Crippen molar-refractivity contribution in [2.24, 2.45) is 0 Å². The van der Waals surface area contributed by atoms with Gasteiger partial charge in [0.15, 0.2) is 0 Å². The third-order valence-electron chi connectivity index (χ3n) is 2.64. The van der Waals surface area contributed by atoms with Crippen LogP contribution in [-0.2, 0) is 11.3 Å². The summed E-state index contributed by atoms with van der Waals surface area (Å²) >= 11 is 3.61. The van der Waals surface area contributed by atoms with Crippen LogP contribution >= 0.6 is 23.5 Å². The molecule has 6 heteroatoms. The second kappa shape index (κ2) is 5.82. The van der Waals surface area contributed by atoms with Gasteiger partial charge >= 0.3 is 0 Å². The molecule has 0 aromatic carbocycles. The Kier molecular flexibility index (Phi) is 4.39. The van der Waals surface area contributed by atoms with E-state index < -0.39 is 0 Å². The van der Waals surface area contributed by atoms with Gasteiger partial charge in [-0.2, -0.15) is 11.8 Å². The van der Waals surface area contributed by atoms with Crippen LogP contribution in [0.15, 0.2) is 0 Å². The van der Waals surface area contributed by atoms with Gasteiger partial charge in [0, 0.05) is 23.0 Å². The maximum atomic E-state index is 11.9. The van der Waals surface area contributed by atoms with Crippen molar-refractivity contribution < 1.29 is 4.79 Å². The third-order valence-corrected chi connectivity index (χ3v) is 5.40. The first kappa shape index (κ1) is 12.8. The fraction of sp³-hybridized carbons (Fsp3) is 0.636. The summed E-state index contributed by atoms with van der Waals surface area (Å²) in [6.07, 6.45) is 0. The Balaban J connectivity index is 1.85. The lowest BCUT2D eigenvalue weighted by molar-refractivity contribution is -0.120. The molecule has 2 N–H and O–H groups in total. The Morgan fingerprint density at radius 3 is 2.94 bits per heavy atom. The predicted octanol–water partition coefficient (Wildman–Crippen LogP) is 1.49. The summed E-state index contributed by atoms with van der Waals surface area (Å²) in [5.74, 6) is 4.20. The fourth-order valence-corrected chi connectivity index (χ4v) is 4.33. The molecule has 2 rings (SSSR count). The van der Waals surface area contributed by atoms with E-state index in [2.05, 4.69) is 15.3 Å². The van der Waals surface area contributed by atoms with E-state index in [0.717, 1.165) is 34.5 Å². The van der Waals surface area contributed by atoms with Gasteiger partial charge in [0.05, 0.1) is 17.5 Å². The van der Waals surface area contributed by atoms with Crippen molar-refractivity contribution in [3.63, 3.8) is 0 Å². The van der Waals surface area contributed by atoms with E-state index in [1.54, 1.807) is 11.8 Å². The van der Waals surface area contributed by atoms with Gasteiger partial charge in [0.2, 0.25) is 5.91 Å². The molecule has 1 fully saturated rings. The average Bonchev–Trinajstić information content (AvgIpc) is 2.66. The standard InChI is InChI=1S/C11H17N3OS2/c1-7-9(14-8(2)13-7)5-12-11(15)10-6-16-3-4-17-10/h10H,3-6H2,1-2H3,(H,12,15)(H,13,14). The summed E-state index contributed by atoms with van der Waals surface area (Å²) in [5.41, 5.74) is 1.97. The molecule has 1 amide bonds. The minimum Gasteiger partial charge on any atom is -0.349 e. The molecule has 1 aliphatic heterocycles. The van der Waals surface area contributed by atoms with E-state index in [9.17, 15) is 4.79 Å². The van der Waals surface area contributed by atoms with Crippen LogP contribution in [0.4, 0.5) is 0 Å². The highest BCUT2D eigenvalue weighted by atomic mass is 32.2. The zero-order valence-electron chi connectivity index (χ0n) is 10.1. The Morgan fingerprint density at radius 1 is 1.53 bits per heavy atom. The number of carbonyl (C=O) groups excluding carboxylic acids is 1. The molecule has 0 bridgehead atoms. The summed E-state index contributed by atoms with van der Waals surface area (Å²) < 4.78 is 0. The summed E-state index contributed by atoms with van der Waals surface area (Å²) in [7, 11) is 0. The number of rotatable bonds is 3. The molecule has 0 aliphatic carbocycles. The zero-order chi connectivity index (χ0) is 12.3. The van der Waals surface area contributed by atoms with E-state index in [1.807, 2.05) is 25.6 Å². The van der Waals surface area contributed by atoms with Crippen LogP contribution < -0.4 is 5.32 Å². The van der Waals surface area contributed by atoms with Crippen molar-refractivity contribution in [3.05, 3.63) is 17.2 Å². The number of carbonyl (C=O) groups is 1. The molecule has 1 unspecified atom stereocenters. The largest absolute Gasteiger partial charge is 0.349 e. The number of aromatic amines is 1. The number of amides is 1. The summed E-state index contributed by atoms with van der Waals surface area (Å²) in [5, 5.41) is 3.07. The molecule has 1 aliphatic rings. The molecular formula is C11H17N3OS2. The van der Waals surface area contributed by atoms with Crippen LogP contribution in [0.25, 0.3) is 0 Å². The van der Waals surface area contributed by atoms with E-state index in [0.29, 0.717) is 6.54 Å². The van der Waals surface area contributed by atoms with Gasteiger partial charge in [-0.1, -0.05) is 0 Å². The number of hydrogen-bond acceptors (Lipinski definition) is 4. The van der Waals surface area contributed by atoms with Crippen LogP contribution in [0.3, 0.4) is 0 Å². The summed E-state index contributed by atoms with van der Waals surface area (Å²) in [4.78, 5) is 19.4. The first-order chi connectivity index (χ1) is 8.16. The first-order valence-electron chi connectivity index (χ1n) is 5.66. The number of nitrogens with one attached hydrogen (secondary N) is 2. The second-order valence-electron chi connectivity index (χ2n) is 4.05. The second-order valence-corrected chi connectivity index (χ2v) is 6.51. The minimum atomic E-state index is 0.106. The van der Waals surface area contributed by atoms with Gasteiger partial charge in [-0.25, -0.2) is 4.98 Å². The SMILES string of the molecule is Cc1nc(CNC(=O)C2CSCCS2)c(C)[nH]1. The lowest BCUT2D eigenvalue weighted by Gasteiger charge is -2.19. The van der Waals surface area contributed by atoms with Crippen molar-refractivity contribution in [2.75, 3.05) is 17.3 Å². The third kappa shape index (κ3) is 3.42. The molecule has 1 aromatic rings. The minimum absolute atomic E-state index is 0.106. The van der Waals surface area contributed by atoms with Crippen molar-refractivity contribution in [3.8, 4) is 0 Å². The Hall–Kier alpha value is -0.620. The van der Waals surface area contributed by atoms with Gasteiger partial charge in [-0.15, -0.1) is 11.8 Å². The highest BCUT2D eigenvalue weighted by molar-refractivity contribution is 8.07. The van der Waals surface area contributed by atoms with Crippen LogP contribution in [-0.4, -0.2) is 38.4 Å². The van der Waals surface area contributed by atoms with Gasteiger partial charge < -0.3 is 10.3 Å². The molecule has 0 saturated carbocycles. The van der Waals surface area contributed by atoms with Gasteiger partial charge in [-0.3, -0.25) is 4.79 Å². The quantitative estimate of drug-likeness (QED) is 0.874. The number of aryl methyl sites for hydroxylation is 2. The Bertz CT molecular complexity index is 399. The number of imidazole rings is 1. The number of thioether (sulfide) groups is 2. The average molecular weight is 271 g/mol. The molecular weight excluding hydrogens is 254 g/mol. The predicted molar refractivity (Wildman–Crippen MR) is 73.5 cm³/mol. The highest BCUT2D eigenvalue weighted by Gasteiger charge is 2.22. The van der Waals surface area contributed by atoms with Gasteiger partial charge in [-0.05, 0) is 13.8 Å². The molecule has 4 nitrogen and oxygen atoms in total. The maximum absolute atomic E-state index is 11.9. The molecule has 0 radical (unpaired) electrons. The van der Waals surface area contributed by atoms with Crippen LogP contribution in [0.2, 0.25) is 0 Å². The van der Waals surface area contributed by atoms with E-state index in [1.165, 1.54) is 0 Å². The Morgan fingerprint density at radius 2 is 2.35 bits per heavy atom. The monoisotopic (exact) mass is 271 g/mol. The van der Waals surface area contributed by atoms with Crippen molar-refractivity contribution in [2.45, 2.75) is 25.6 Å². The van der Waals surface area contributed by atoms with Crippen molar-refractivity contribution in [1.29, 1.82) is 0 Å². The van der Waals surface area contributed by atoms with Gasteiger partial charge in [0.1, 0.15) is 5.82 Å². The molecule has 0 spiro atoms. The number of aromatic nitrogens is 2. The molecule has 94 valence electrons. The lowest BCUT2D eigenvalue weighted by Crippen LogP contribution is -2.35. The van der Waals surface area contributed by atoms with E-state index in [4.69, 9.17) is 0 Å². The summed E-state index contributed by atoms with van der Waals surface area (Å²) in [6, 6.07) is 0. The molecule has 2 heterocycles. The van der Waals surface area contributed by atoms with Crippen LogP contribution in [0.5, 0.6) is 0 Å². The van der Waals surface area contributed by atoms with E-state index in [-0.39, 0.29) is 11.2 Å². The topological polar surface area (TPSA) is 57.8 Å². The van der Waals surface area contributed by atoms with E-state index >= 15 is 0 Å². The lowest BCUT2D eigenvalue weighted by atomic mass is 10.3. The number of H-pyrrole nitrogens is 1. The highest BCUT2D eigenvalue weighted by Crippen LogP contribution is 2.24. The normalized spacial score (nSPS) is 20.2.